The van der Waals surface area contributed by atoms with Crippen LogP contribution in [0.2, 0.25) is 0 Å². The van der Waals surface area contributed by atoms with Crippen LogP contribution < -0.4 is 0 Å². The Balaban J connectivity index is 2.50. The third kappa shape index (κ3) is 1.64. The normalized spacial score (nSPS) is 10.5. The van der Waals surface area contributed by atoms with Crippen LogP contribution in [-0.4, -0.2) is 15.0 Å². The number of fused-ring (bicyclic) bond motifs is 1. The van der Waals surface area contributed by atoms with E-state index in [1.807, 2.05) is 6.07 Å². The van der Waals surface area contributed by atoms with Crippen molar-refractivity contribution in [3.8, 4) is 6.07 Å². The molecule has 0 spiro atoms. The van der Waals surface area contributed by atoms with Gasteiger partial charge in [-0.3, -0.25) is 0 Å². The summed E-state index contributed by atoms with van der Waals surface area (Å²) in [6.45, 7) is 0.318. The largest absolute Gasteiger partial charge is 0.244 e. The Labute approximate surface area is 83.7 Å². The van der Waals surface area contributed by atoms with Gasteiger partial charge in [-0.05, 0) is 0 Å². The second kappa shape index (κ2) is 3.61. The second-order valence-corrected chi connectivity index (χ2v) is 2.98. The van der Waals surface area contributed by atoms with Crippen molar-refractivity contribution in [3.63, 3.8) is 0 Å². The summed E-state index contributed by atoms with van der Waals surface area (Å²) in [5.74, 6) is -1.89. The molecular formula is C9H6F2N4. The van der Waals surface area contributed by atoms with Crippen LogP contribution in [0.3, 0.4) is 0 Å². The van der Waals surface area contributed by atoms with E-state index in [-0.39, 0.29) is 11.9 Å². The Morgan fingerprint density at radius 1 is 1.33 bits per heavy atom. The quantitative estimate of drug-likeness (QED) is 0.753. The summed E-state index contributed by atoms with van der Waals surface area (Å²) in [6, 6.07) is 3.96. The third-order valence-corrected chi connectivity index (χ3v) is 1.99. The lowest BCUT2D eigenvalue weighted by Gasteiger charge is -1.97. The van der Waals surface area contributed by atoms with Gasteiger partial charge in [-0.15, -0.1) is 5.10 Å². The second-order valence-electron chi connectivity index (χ2n) is 2.98. The molecule has 1 heterocycles. The molecule has 0 N–H and O–H groups in total. The Hall–Kier alpha value is -2.03. The Morgan fingerprint density at radius 2 is 2.07 bits per heavy atom. The molecule has 1 aromatic heterocycles. The van der Waals surface area contributed by atoms with Crippen molar-refractivity contribution in [2.24, 2.45) is 0 Å². The van der Waals surface area contributed by atoms with Crippen molar-refractivity contribution >= 4 is 11.0 Å². The van der Waals surface area contributed by atoms with E-state index in [0.29, 0.717) is 12.1 Å². The molecule has 15 heavy (non-hydrogen) atoms. The minimum Gasteiger partial charge on any atom is -0.244 e. The van der Waals surface area contributed by atoms with E-state index < -0.39 is 11.6 Å². The van der Waals surface area contributed by atoms with E-state index in [1.54, 1.807) is 0 Å². The van der Waals surface area contributed by atoms with Gasteiger partial charge in [0.1, 0.15) is 5.52 Å². The molecule has 2 aromatic rings. The van der Waals surface area contributed by atoms with Crippen molar-refractivity contribution in [2.75, 3.05) is 0 Å². The molecule has 0 saturated carbocycles. The molecule has 0 bridgehead atoms. The van der Waals surface area contributed by atoms with E-state index >= 15 is 0 Å². The molecule has 0 radical (unpaired) electrons. The van der Waals surface area contributed by atoms with Crippen LogP contribution in [0.1, 0.15) is 6.42 Å². The number of aryl methyl sites for hydroxylation is 1. The van der Waals surface area contributed by atoms with Crippen LogP contribution >= 0.6 is 0 Å². The first-order valence-corrected chi connectivity index (χ1v) is 4.27. The first-order chi connectivity index (χ1) is 7.22. The molecule has 0 fully saturated rings. The maximum atomic E-state index is 12.9. The Morgan fingerprint density at radius 3 is 2.80 bits per heavy atom. The molecule has 0 saturated heterocycles. The van der Waals surface area contributed by atoms with Crippen molar-refractivity contribution in [3.05, 3.63) is 23.8 Å². The molecule has 0 aliphatic rings. The standard InChI is InChI=1S/C9H6F2N4/c10-6-4-8-9(5-7(6)11)15(14-13-8)3-1-2-12/h4-5H,1,3H2. The first kappa shape index (κ1) is 9.52. The number of rotatable bonds is 2. The zero-order valence-corrected chi connectivity index (χ0v) is 7.61. The van der Waals surface area contributed by atoms with Crippen LogP contribution in [0.15, 0.2) is 12.1 Å². The highest BCUT2D eigenvalue weighted by molar-refractivity contribution is 5.74. The molecule has 0 aliphatic carbocycles. The summed E-state index contributed by atoms with van der Waals surface area (Å²) in [7, 11) is 0. The van der Waals surface area contributed by atoms with Gasteiger partial charge >= 0.3 is 0 Å². The molecule has 76 valence electrons. The summed E-state index contributed by atoms with van der Waals surface area (Å²) in [5, 5.41) is 15.8. The predicted octanol–water partition coefficient (Wildman–Crippen LogP) is 1.62. The van der Waals surface area contributed by atoms with Gasteiger partial charge in [-0.2, -0.15) is 5.26 Å². The molecule has 1 aromatic carbocycles. The lowest BCUT2D eigenvalue weighted by molar-refractivity contribution is 0.510. The number of benzene rings is 1. The lowest BCUT2D eigenvalue weighted by Crippen LogP contribution is -1.99. The molecule has 6 heteroatoms. The summed E-state index contributed by atoms with van der Waals surface area (Å²) in [6.07, 6.45) is 0.247. The van der Waals surface area contributed by atoms with Gasteiger partial charge in [0.15, 0.2) is 11.6 Å². The number of halogens is 2. The Bertz CT molecular complexity index is 541. The summed E-state index contributed by atoms with van der Waals surface area (Å²) < 4.78 is 27.1. The number of hydrogen-bond donors (Lipinski definition) is 0. The van der Waals surface area contributed by atoms with Crippen LogP contribution in [0.5, 0.6) is 0 Å². The fourth-order valence-corrected chi connectivity index (χ4v) is 1.28. The monoisotopic (exact) mass is 208 g/mol. The van der Waals surface area contributed by atoms with Gasteiger partial charge in [0.05, 0.1) is 24.6 Å². The topological polar surface area (TPSA) is 54.5 Å². The van der Waals surface area contributed by atoms with Gasteiger partial charge in [-0.25, -0.2) is 13.5 Å². The first-order valence-electron chi connectivity index (χ1n) is 4.27. The number of nitriles is 1. The maximum Gasteiger partial charge on any atom is 0.161 e. The maximum absolute atomic E-state index is 12.9. The van der Waals surface area contributed by atoms with Crippen LogP contribution in [-0.2, 0) is 6.54 Å². The predicted molar refractivity (Wildman–Crippen MR) is 47.7 cm³/mol. The highest BCUT2D eigenvalue weighted by Crippen LogP contribution is 2.16. The van der Waals surface area contributed by atoms with Crippen LogP contribution in [0.4, 0.5) is 8.78 Å². The third-order valence-electron chi connectivity index (χ3n) is 1.99. The minimum absolute atomic E-state index is 0.247. The van der Waals surface area contributed by atoms with Gasteiger partial charge in [0.25, 0.3) is 0 Å². The van der Waals surface area contributed by atoms with Crippen molar-refractivity contribution < 1.29 is 8.78 Å². The van der Waals surface area contributed by atoms with E-state index in [2.05, 4.69) is 10.3 Å². The molecule has 2 rings (SSSR count). The Kier molecular flexibility index (Phi) is 2.29. The van der Waals surface area contributed by atoms with Crippen LogP contribution in [0.25, 0.3) is 11.0 Å². The molecule has 0 unspecified atom stereocenters. The lowest BCUT2D eigenvalue weighted by atomic mass is 10.3. The summed E-state index contributed by atoms with van der Waals surface area (Å²) >= 11 is 0. The van der Waals surface area contributed by atoms with E-state index in [0.717, 1.165) is 12.1 Å². The SMILES string of the molecule is N#CCCn1nnc2cc(F)c(F)cc21. The summed E-state index contributed by atoms with van der Waals surface area (Å²) in [5.41, 5.74) is 0.677. The van der Waals surface area contributed by atoms with Gasteiger partial charge in [-0.1, -0.05) is 5.21 Å². The number of hydrogen-bond acceptors (Lipinski definition) is 3. The number of aromatic nitrogens is 3. The molecule has 4 nitrogen and oxygen atoms in total. The van der Waals surface area contributed by atoms with Gasteiger partial charge in [0, 0.05) is 12.1 Å². The molecule has 0 aliphatic heterocycles. The zero-order valence-electron chi connectivity index (χ0n) is 7.61. The minimum atomic E-state index is -0.949. The van der Waals surface area contributed by atoms with Crippen molar-refractivity contribution in [1.82, 2.24) is 15.0 Å². The fourth-order valence-electron chi connectivity index (χ4n) is 1.28. The highest BCUT2D eigenvalue weighted by atomic mass is 19.2. The average Bonchev–Trinajstić information content (AvgIpc) is 2.59. The van der Waals surface area contributed by atoms with Crippen LogP contribution in [0, 0.1) is 23.0 Å². The molecular weight excluding hydrogens is 202 g/mol. The van der Waals surface area contributed by atoms with E-state index in [1.165, 1.54) is 4.68 Å². The van der Waals surface area contributed by atoms with Gasteiger partial charge < -0.3 is 0 Å². The molecule has 0 amide bonds. The zero-order chi connectivity index (χ0) is 10.8. The average molecular weight is 208 g/mol. The smallest absolute Gasteiger partial charge is 0.161 e. The van der Waals surface area contributed by atoms with E-state index in [4.69, 9.17) is 5.26 Å². The summed E-state index contributed by atoms with van der Waals surface area (Å²) in [4.78, 5) is 0. The highest BCUT2D eigenvalue weighted by Gasteiger charge is 2.09. The molecule has 0 atom stereocenters. The van der Waals surface area contributed by atoms with Crippen molar-refractivity contribution in [1.29, 1.82) is 5.26 Å². The van der Waals surface area contributed by atoms with Gasteiger partial charge in [0.2, 0.25) is 0 Å². The fraction of sp³-hybridized carbons (Fsp3) is 0.222. The van der Waals surface area contributed by atoms with E-state index in [9.17, 15) is 8.78 Å². The van der Waals surface area contributed by atoms with Crippen molar-refractivity contribution in [2.45, 2.75) is 13.0 Å². The number of nitrogens with zero attached hydrogens (tertiary/aromatic N) is 4.